The number of ether oxygens (including phenoxy) is 2. The van der Waals surface area contributed by atoms with Gasteiger partial charge in [-0.15, -0.1) is 6.42 Å². The van der Waals surface area contributed by atoms with E-state index in [4.69, 9.17) is 20.7 Å². The number of anilines is 1. The molecule has 0 N–H and O–H groups in total. The number of para-hydroxylation sites is 1. The SMILES string of the molecule is C#CCN(C(=O)OC)c1ccccc1COc1cc(C)c(/C(C)=N/OCC=C)cc1C. The molecule has 1 amide bonds. The van der Waals surface area contributed by atoms with Crippen LogP contribution < -0.4 is 9.64 Å². The lowest BCUT2D eigenvalue weighted by Gasteiger charge is -2.22. The van der Waals surface area contributed by atoms with E-state index in [-0.39, 0.29) is 13.2 Å². The predicted molar refractivity (Wildman–Crippen MR) is 124 cm³/mol. The second-order valence-electron chi connectivity index (χ2n) is 6.87. The van der Waals surface area contributed by atoms with Crippen molar-refractivity contribution in [3.8, 4) is 18.1 Å². The minimum absolute atomic E-state index is 0.100. The van der Waals surface area contributed by atoms with Crippen molar-refractivity contribution in [1.29, 1.82) is 0 Å². The molecule has 0 saturated heterocycles. The Kier molecular flexibility index (Phi) is 8.71. The molecule has 6 nitrogen and oxygen atoms in total. The first kappa shape index (κ1) is 23.6. The molecular weight excluding hydrogens is 392 g/mol. The summed E-state index contributed by atoms with van der Waals surface area (Å²) >= 11 is 0. The van der Waals surface area contributed by atoms with Crippen molar-refractivity contribution >= 4 is 17.5 Å². The second kappa shape index (κ2) is 11.5. The van der Waals surface area contributed by atoms with Crippen molar-refractivity contribution in [1.82, 2.24) is 0 Å². The third kappa shape index (κ3) is 6.13. The van der Waals surface area contributed by atoms with Gasteiger partial charge < -0.3 is 14.3 Å². The molecule has 0 unspecified atom stereocenters. The molecule has 162 valence electrons. The summed E-state index contributed by atoms with van der Waals surface area (Å²) in [6.45, 7) is 10.2. The number of aryl methyl sites for hydroxylation is 2. The molecule has 0 aliphatic heterocycles. The molecule has 0 heterocycles. The zero-order valence-electron chi connectivity index (χ0n) is 18.5. The quantitative estimate of drug-likeness (QED) is 0.188. The lowest BCUT2D eigenvalue weighted by atomic mass is 10.0. The van der Waals surface area contributed by atoms with Crippen LogP contribution in [-0.2, 0) is 16.2 Å². The molecule has 0 bridgehead atoms. The largest absolute Gasteiger partial charge is 0.489 e. The molecule has 0 spiro atoms. The van der Waals surface area contributed by atoms with Crippen molar-refractivity contribution in [2.24, 2.45) is 5.16 Å². The van der Waals surface area contributed by atoms with E-state index in [1.807, 2.05) is 57.2 Å². The maximum Gasteiger partial charge on any atom is 0.414 e. The van der Waals surface area contributed by atoms with Crippen LogP contribution in [0.3, 0.4) is 0 Å². The van der Waals surface area contributed by atoms with E-state index in [0.717, 1.165) is 33.7 Å². The lowest BCUT2D eigenvalue weighted by Crippen LogP contribution is -2.32. The number of benzene rings is 2. The van der Waals surface area contributed by atoms with Gasteiger partial charge in [0, 0.05) is 11.1 Å². The van der Waals surface area contributed by atoms with Crippen LogP contribution in [0.2, 0.25) is 0 Å². The highest BCUT2D eigenvalue weighted by Gasteiger charge is 2.18. The monoisotopic (exact) mass is 420 g/mol. The van der Waals surface area contributed by atoms with Crippen molar-refractivity contribution in [3.63, 3.8) is 0 Å². The normalized spacial score (nSPS) is 10.7. The smallest absolute Gasteiger partial charge is 0.414 e. The van der Waals surface area contributed by atoms with E-state index < -0.39 is 6.09 Å². The Balaban J connectivity index is 2.25. The number of carbonyl (C=O) groups excluding carboxylic acids is 1. The molecule has 6 heteroatoms. The Morgan fingerprint density at radius 3 is 2.68 bits per heavy atom. The fourth-order valence-electron chi connectivity index (χ4n) is 3.07. The highest BCUT2D eigenvalue weighted by Crippen LogP contribution is 2.27. The molecule has 2 aromatic rings. The zero-order chi connectivity index (χ0) is 22.8. The molecule has 0 radical (unpaired) electrons. The van der Waals surface area contributed by atoms with Crippen molar-refractivity contribution in [2.75, 3.05) is 25.2 Å². The number of nitrogens with zero attached hydrogens (tertiary/aromatic N) is 2. The van der Waals surface area contributed by atoms with Crippen molar-refractivity contribution in [2.45, 2.75) is 27.4 Å². The van der Waals surface area contributed by atoms with Crippen LogP contribution in [0.25, 0.3) is 0 Å². The van der Waals surface area contributed by atoms with Crippen LogP contribution in [0, 0.1) is 26.2 Å². The number of rotatable bonds is 9. The van der Waals surface area contributed by atoms with Gasteiger partial charge in [0.1, 0.15) is 19.0 Å². The zero-order valence-corrected chi connectivity index (χ0v) is 18.5. The summed E-state index contributed by atoms with van der Waals surface area (Å²) in [5.74, 6) is 3.24. The van der Waals surface area contributed by atoms with Crippen LogP contribution >= 0.6 is 0 Å². The molecule has 31 heavy (non-hydrogen) atoms. The van der Waals surface area contributed by atoms with Gasteiger partial charge in [-0.1, -0.05) is 41.9 Å². The van der Waals surface area contributed by atoms with Gasteiger partial charge in [-0.2, -0.15) is 0 Å². The van der Waals surface area contributed by atoms with Gasteiger partial charge in [0.2, 0.25) is 0 Å². The van der Waals surface area contributed by atoms with Gasteiger partial charge in [-0.25, -0.2) is 4.79 Å². The average molecular weight is 421 g/mol. The summed E-state index contributed by atoms with van der Waals surface area (Å²) in [6.07, 6.45) is 6.56. The molecule has 0 saturated carbocycles. The summed E-state index contributed by atoms with van der Waals surface area (Å²) in [6, 6.07) is 11.4. The summed E-state index contributed by atoms with van der Waals surface area (Å²) in [7, 11) is 1.33. The molecule has 0 atom stereocenters. The molecule has 2 rings (SSSR count). The second-order valence-corrected chi connectivity index (χ2v) is 6.87. The standard InChI is InChI=1S/C25H28N2O4/c1-7-13-27(25(28)29-6)23-12-10-9-11-21(23)17-30-24-16-18(3)22(15-19(24)4)20(5)26-31-14-8-2/h1,8-12,15-16H,2,13-14,17H2,3-6H3/b26-20+. The van der Waals surface area contributed by atoms with E-state index in [1.54, 1.807) is 6.08 Å². The van der Waals surface area contributed by atoms with Crippen LogP contribution in [0.1, 0.15) is 29.2 Å². The van der Waals surface area contributed by atoms with Gasteiger partial charge in [-0.05, 0) is 50.1 Å². The number of carbonyl (C=O) groups is 1. The lowest BCUT2D eigenvalue weighted by molar-refractivity contribution is 0.175. The fraction of sp³-hybridized carbons (Fsp3) is 0.280. The number of hydrogen-bond acceptors (Lipinski definition) is 5. The first-order chi connectivity index (χ1) is 14.9. The Morgan fingerprint density at radius 2 is 2.00 bits per heavy atom. The molecule has 0 aliphatic carbocycles. The van der Waals surface area contributed by atoms with Gasteiger partial charge in [0.15, 0.2) is 0 Å². The van der Waals surface area contributed by atoms with E-state index in [0.29, 0.717) is 12.3 Å². The first-order valence-corrected chi connectivity index (χ1v) is 9.81. The third-order valence-corrected chi connectivity index (χ3v) is 4.62. The minimum Gasteiger partial charge on any atom is -0.489 e. The number of methoxy groups -OCH3 is 1. The van der Waals surface area contributed by atoms with E-state index in [2.05, 4.69) is 17.7 Å². The third-order valence-electron chi connectivity index (χ3n) is 4.62. The number of terminal acetylenes is 1. The van der Waals surface area contributed by atoms with Gasteiger partial charge in [0.05, 0.1) is 25.1 Å². The van der Waals surface area contributed by atoms with E-state index in [1.165, 1.54) is 12.0 Å². The van der Waals surface area contributed by atoms with E-state index >= 15 is 0 Å². The topological polar surface area (TPSA) is 60.4 Å². The first-order valence-electron chi connectivity index (χ1n) is 9.81. The molecule has 0 aliphatic rings. The minimum atomic E-state index is -0.518. The summed E-state index contributed by atoms with van der Waals surface area (Å²) in [5, 5.41) is 4.12. The van der Waals surface area contributed by atoms with Crippen molar-refractivity contribution < 1.29 is 19.1 Å². The van der Waals surface area contributed by atoms with Crippen LogP contribution in [0.15, 0.2) is 54.2 Å². The highest BCUT2D eigenvalue weighted by molar-refractivity contribution is 6.00. The highest BCUT2D eigenvalue weighted by atomic mass is 16.6. The molecular formula is C25H28N2O4. The van der Waals surface area contributed by atoms with Crippen molar-refractivity contribution in [3.05, 3.63) is 71.3 Å². The molecule has 0 aromatic heterocycles. The molecule has 2 aromatic carbocycles. The Bertz CT molecular complexity index is 1010. The van der Waals surface area contributed by atoms with Crippen LogP contribution in [0.5, 0.6) is 5.75 Å². The Hall–Kier alpha value is -3.72. The summed E-state index contributed by atoms with van der Waals surface area (Å²) in [4.78, 5) is 18.8. The number of amides is 1. The summed E-state index contributed by atoms with van der Waals surface area (Å²) in [5.41, 5.74) is 5.22. The number of hydrogen-bond donors (Lipinski definition) is 0. The number of oxime groups is 1. The van der Waals surface area contributed by atoms with E-state index in [9.17, 15) is 4.79 Å². The van der Waals surface area contributed by atoms with Gasteiger partial charge >= 0.3 is 6.09 Å². The summed E-state index contributed by atoms with van der Waals surface area (Å²) < 4.78 is 11.0. The van der Waals surface area contributed by atoms with Crippen LogP contribution in [0.4, 0.5) is 10.5 Å². The maximum atomic E-state index is 12.2. The Morgan fingerprint density at radius 1 is 1.26 bits per heavy atom. The average Bonchev–Trinajstić information content (AvgIpc) is 2.77. The van der Waals surface area contributed by atoms with Gasteiger partial charge in [-0.3, -0.25) is 4.90 Å². The maximum absolute atomic E-state index is 12.2. The van der Waals surface area contributed by atoms with Crippen LogP contribution in [-0.4, -0.2) is 32.1 Å². The molecule has 0 fully saturated rings. The predicted octanol–water partition coefficient (Wildman–Crippen LogP) is 5.02. The fourth-order valence-corrected chi connectivity index (χ4v) is 3.07. The Labute approximate surface area is 184 Å². The van der Waals surface area contributed by atoms with Gasteiger partial charge in [0.25, 0.3) is 0 Å².